The number of amidine groups is 1. The maximum absolute atomic E-state index is 14.1. The number of hydrogen-bond donors (Lipinski definition) is 2. The maximum atomic E-state index is 14.1. The summed E-state index contributed by atoms with van der Waals surface area (Å²) in [4.78, 5) is 27.8. The van der Waals surface area contributed by atoms with Crippen LogP contribution >= 0.6 is 0 Å². The van der Waals surface area contributed by atoms with E-state index in [1.165, 1.54) is 18.2 Å². The normalized spacial score (nSPS) is 27.4. The first-order valence-electron chi connectivity index (χ1n) is 13.0. The van der Waals surface area contributed by atoms with Gasteiger partial charge in [-0.2, -0.15) is 8.42 Å². The zero-order valence-corrected chi connectivity index (χ0v) is 22.9. The zero-order valence-electron chi connectivity index (χ0n) is 21.3. The zero-order chi connectivity index (χ0) is 27.2. The van der Waals surface area contributed by atoms with E-state index in [0.717, 1.165) is 44.8 Å². The fraction of sp³-hybridized carbons (Fsp3) is 0.560. The topological polar surface area (TPSA) is 145 Å². The molecule has 1 aromatic carbocycles. The number of nitrogens with zero attached hydrogens (tertiary/aromatic N) is 3. The number of piperidine rings is 1. The van der Waals surface area contributed by atoms with Crippen molar-refractivity contribution in [1.29, 1.82) is 0 Å². The summed E-state index contributed by atoms with van der Waals surface area (Å²) in [6.45, 7) is 4.33. The highest BCUT2D eigenvalue weighted by Gasteiger charge is 2.53. The van der Waals surface area contributed by atoms with Gasteiger partial charge in [-0.25, -0.2) is 13.4 Å². The fourth-order valence-electron chi connectivity index (χ4n) is 5.92. The number of hydrazine groups is 1. The number of carbonyl (C=O) groups excluding carboxylic acids is 2. The van der Waals surface area contributed by atoms with E-state index < -0.39 is 37.8 Å². The lowest BCUT2D eigenvalue weighted by molar-refractivity contribution is -0.181. The van der Waals surface area contributed by atoms with Crippen molar-refractivity contribution in [1.82, 2.24) is 10.0 Å². The van der Waals surface area contributed by atoms with Crippen molar-refractivity contribution in [3.05, 3.63) is 30.9 Å². The molecule has 1 amide bonds. The molecule has 0 spiro atoms. The fourth-order valence-corrected chi connectivity index (χ4v) is 7.66. The van der Waals surface area contributed by atoms with Crippen molar-refractivity contribution in [2.75, 3.05) is 22.8 Å². The van der Waals surface area contributed by atoms with Gasteiger partial charge in [0, 0.05) is 24.2 Å². The van der Waals surface area contributed by atoms with E-state index in [1.54, 1.807) is 11.1 Å². The predicted molar refractivity (Wildman–Crippen MR) is 143 cm³/mol. The van der Waals surface area contributed by atoms with Gasteiger partial charge in [0.2, 0.25) is 10.0 Å². The van der Waals surface area contributed by atoms with Crippen LogP contribution in [0.1, 0.15) is 51.4 Å². The Morgan fingerprint density at radius 2 is 1.89 bits per heavy atom. The van der Waals surface area contributed by atoms with Gasteiger partial charge < -0.3 is 5.32 Å². The summed E-state index contributed by atoms with van der Waals surface area (Å²) in [5, 5.41) is 6.68. The van der Waals surface area contributed by atoms with Crippen LogP contribution in [0.15, 0.2) is 40.1 Å². The third-order valence-electron chi connectivity index (χ3n) is 7.82. The lowest BCUT2D eigenvalue weighted by Crippen LogP contribution is -2.67. The largest absolute Gasteiger partial charge is 0.341 e. The Labute approximate surface area is 223 Å². The monoisotopic (exact) mass is 563 g/mol. The van der Waals surface area contributed by atoms with Crippen molar-refractivity contribution in [3.63, 3.8) is 0 Å². The molecule has 0 bridgehead atoms. The molecule has 2 heterocycles. The van der Waals surface area contributed by atoms with Crippen LogP contribution in [-0.4, -0.2) is 69.3 Å². The van der Waals surface area contributed by atoms with Gasteiger partial charge in [0.15, 0.2) is 11.7 Å². The lowest BCUT2D eigenvalue weighted by atomic mass is 9.78. The average molecular weight is 564 g/mol. The summed E-state index contributed by atoms with van der Waals surface area (Å²) >= 11 is 0. The van der Waals surface area contributed by atoms with Crippen LogP contribution in [-0.2, 0) is 29.6 Å². The molecule has 13 heteroatoms. The van der Waals surface area contributed by atoms with Gasteiger partial charge in [-0.15, -0.1) is 11.0 Å². The van der Waals surface area contributed by atoms with E-state index in [4.69, 9.17) is 0 Å². The first kappa shape index (κ1) is 26.8. The van der Waals surface area contributed by atoms with Crippen LogP contribution in [0, 0.1) is 11.8 Å². The smallest absolute Gasteiger partial charge is 0.286 e. The van der Waals surface area contributed by atoms with Crippen molar-refractivity contribution in [2.24, 2.45) is 16.2 Å². The van der Waals surface area contributed by atoms with Crippen molar-refractivity contribution in [2.45, 2.75) is 68.3 Å². The number of nitrogens with one attached hydrogen (secondary N) is 2. The van der Waals surface area contributed by atoms with Crippen LogP contribution in [0.5, 0.6) is 0 Å². The molecule has 2 aliphatic carbocycles. The van der Waals surface area contributed by atoms with E-state index in [9.17, 15) is 26.4 Å². The van der Waals surface area contributed by atoms with Gasteiger partial charge in [-0.1, -0.05) is 31.8 Å². The Morgan fingerprint density at radius 3 is 2.55 bits per heavy atom. The minimum Gasteiger partial charge on any atom is -0.341 e. The Morgan fingerprint density at radius 1 is 1.16 bits per heavy atom. The standard InChI is InChI=1S/C25H33N5O6S2/c1-3-14-29(17-8-7-9-17)30-20-11-6-4-5-10-18(20)23(31)22(25(30)32)24-26-19-13-12-16(27-37(2,33)34)15-21(19)38(35,36)28-24/h3,12-13,15,17-18,20,22,27H,1,4-11,14H2,2H3,(H,26,28). The molecule has 11 nitrogen and oxygen atoms in total. The summed E-state index contributed by atoms with van der Waals surface area (Å²) in [7, 11) is -7.95. The second kappa shape index (κ2) is 10.1. The van der Waals surface area contributed by atoms with Crippen molar-refractivity contribution >= 4 is 48.9 Å². The van der Waals surface area contributed by atoms with Crippen LogP contribution in [0.25, 0.3) is 0 Å². The Bertz CT molecular complexity index is 1400. The van der Waals surface area contributed by atoms with E-state index in [-0.39, 0.29) is 40.0 Å². The summed E-state index contributed by atoms with van der Waals surface area (Å²) < 4.78 is 55.8. The van der Waals surface area contributed by atoms with Gasteiger partial charge in [-0.05, 0) is 43.9 Å². The number of Topliss-reactive ketones (excluding diaryl/α,β-unsaturated/α-hetero) is 1. The maximum Gasteiger partial charge on any atom is 0.286 e. The molecule has 0 aromatic heterocycles. The number of hydrogen-bond acceptors (Lipinski definition) is 8. The van der Waals surface area contributed by atoms with Crippen LogP contribution in [0.2, 0.25) is 0 Å². The minimum atomic E-state index is -4.32. The predicted octanol–water partition coefficient (Wildman–Crippen LogP) is 2.50. The highest BCUT2D eigenvalue weighted by atomic mass is 32.2. The summed E-state index contributed by atoms with van der Waals surface area (Å²) in [5.74, 6) is -2.77. The number of ketones is 1. The molecule has 3 fully saturated rings. The second-order valence-corrected chi connectivity index (χ2v) is 13.8. The minimum absolute atomic E-state index is 0.0631. The highest BCUT2D eigenvalue weighted by Crippen LogP contribution is 2.40. The van der Waals surface area contributed by atoms with Crippen LogP contribution in [0.4, 0.5) is 11.4 Å². The first-order valence-corrected chi connectivity index (χ1v) is 16.3. The third-order valence-corrected chi connectivity index (χ3v) is 9.76. The molecular formula is C25H33N5O6S2. The molecule has 4 aliphatic rings. The number of anilines is 2. The second-order valence-electron chi connectivity index (χ2n) is 10.5. The Balaban J connectivity index is 1.54. The molecule has 38 heavy (non-hydrogen) atoms. The van der Waals surface area contributed by atoms with Crippen LogP contribution in [0.3, 0.4) is 0 Å². The number of carbonyl (C=O) groups is 2. The molecule has 206 valence electrons. The first-order chi connectivity index (χ1) is 18.0. The molecule has 2 N–H and O–H groups in total. The molecule has 2 saturated carbocycles. The lowest BCUT2D eigenvalue weighted by Gasteiger charge is -2.52. The molecule has 3 atom stereocenters. The van der Waals surface area contributed by atoms with Gasteiger partial charge in [0.1, 0.15) is 10.7 Å². The highest BCUT2D eigenvalue weighted by molar-refractivity contribution is 7.92. The van der Waals surface area contributed by atoms with E-state index in [1.807, 2.05) is 5.01 Å². The molecule has 1 saturated heterocycles. The SMILES string of the molecule is C=CCN(C1CCC1)N1C(=O)C(C2=NS(=O)(=O)c3cc(NS(C)(=O)=O)ccc3N2)C(=O)C2CCCCCC21. The molecule has 1 aromatic rings. The molecule has 2 aliphatic heterocycles. The van der Waals surface area contributed by atoms with Gasteiger partial charge in [0.25, 0.3) is 15.9 Å². The molecular weight excluding hydrogens is 530 g/mol. The summed E-state index contributed by atoms with van der Waals surface area (Å²) in [5.41, 5.74) is 0.194. The molecule has 5 rings (SSSR count). The Kier molecular flexibility index (Phi) is 7.12. The van der Waals surface area contributed by atoms with E-state index in [0.29, 0.717) is 19.4 Å². The molecule has 0 radical (unpaired) electrons. The van der Waals surface area contributed by atoms with E-state index >= 15 is 0 Å². The number of benzene rings is 1. The van der Waals surface area contributed by atoms with Gasteiger partial charge >= 0.3 is 0 Å². The van der Waals surface area contributed by atoms with Gasteiger partial charge in [0.05, 0.1) is 18.0 Å². The quantitative estimate of drug-likeness (QED) is 0.380. The summed E-state index contributed by atoms with van der Waals surface area (Å²) in [6.07, 6.45) is 9.77. The summed E-state index contributed by atoms with van der Waals surface area (Å²) in [6, 6.07) is 3.87. The average Bonchev–Trinajstić information content (AvgIpc) is 3.03. The Hall–Kier alpha value is -2.77. The number of amides is 1. The van der Waals surface area contributed by atoms with E-state index in [2.05, 4.69) is 21.0 Å². The number of fused-ring (bicyclic) bond motifs is 2. The number of sulfonamides is 2. The van der Waals surface area contributed by atoms with Crippen molar-refractivity contribution in [3.8, 4) is 0 Å². The van der Waals surface area contributed by atoms with Gasteiger partial charge in [-0.3, -0.25) is 19.3 Å². The van der Waals surface area contributed by atoms with Crippen molar-refractivity contribution < 1.29 is 26.4 Å². The molecule has 3 unspecified atom stereocenters. The number of rotatable bonds is 7. The van der Waals surface area contributed by atoms with Crippen LogP contribution < -0.4 is 10.0 Å². The third kappa shape index (κ3) is 4.98.